The van der Waals surface area contributed by atoms with Gasteiger partial charge in [-0.3, -0.25) is 0 Å². The van der Waals surface area contributed by atoms with Crippen LogP contribution in [0.3, 0.4) is 0 Å². The van der Waals surface area contributed by atoms with E-state index in [2.05, 4.69) is 19.6 Å². The van der Waals surface area contributed by atoms with Crippen molar-refractivity contribution in [2.24, 2.45) is 11.8 Å². The minimum atomic E-state index is 0.739. The van der Waals surface area contributed by atoms with Gasteiger partial charge in [-0.05, 0) is 18.3 Å². The van der Waals surface area contributed by atoms with Crippen LogP contribution in [-0.2, 0) is 0 Å². The number of rotatable bonds is 3. The standard InChI is InChI=1S/C10H18/c1-3-9(2)8-10-6-4-5-7-10/h3,9-10H,1,4-8H2,2H3. The van der Waals surface area contributed by atoms with Crippen LogP contribution in [0.1, 0.15) is 39.0 Å². The summed E-state index contributed by atoms with van der Waals surface area (Å²) >= 11 is 0. The summed E-state index contributed by atoms with van der Waals surface area (Å²) in [5.74, 6) is 1.76. The molecule has 0 radical (unpaired) electrons. The van der Waals surface area contributed by atoms with Crippen LogP contribution in [0.5, 0.6) is 0 Å². The third-order valence-electron chi connectivity index (χ3n) is 2.58. The predicted octanol–water partition coefficient (Wildman–Crippen LogP) is 3.39. The van der Waals surface area contributed by atoms with E-state index >= 15 is 0 Å². The normalized spacial score (nSPS) is 22.9. The molecule has 0 aliphatic heterocycles. The summed E-state index contributed by atoms with van der Waals surface area (Å²) in [5, 5.41) is 0. The molecule has 1 aliphatic rings. The summed E-state index contributed by atoms with van der Waals surface area (Å²) in [6.45, 7) is 6.07. The van der Waals surface area contributed by atoms with Crippen LogP contribution in [0, 0.1) is 11.8 Å². The minimum absolute atomic E-state index is 0.739. The molecule has 0 heterocycles. The average Bonchev–Trinajstić information content (AvgIpc) is 2.40. The molecule has 0 N–H and O–H groups in total. The van der Waals surface area contributed by atoms with Crippen LogP contribution in [0.2, 0.25) is 0 Å². The fourth-order valence-electron chi connectivity index (χ4n) is 1.87. The Morgan fingerprint density at radius 3 is 2.60 bits per heavy atom. The summed E-state index contributed by atoms with van der Waals surface area (Å²) in [6.07, 6.45) is 9.33. The van der Waals surface area contributed by atoms with Crippen molar-refractivity contribution < 1.29 is 0 Å². The Morgan fingerprint density at radius 2 is 2.10 bits per heavy atom. The molecule has 0 nitrogen and oxygen atoms in total. The van der Waals surface area contributed by atoms with Crippen LogP contribution in [0.4, 0.5) is 0 Å². The summed E-state index contributed by atoms with van der Waals surface area (Å²) < 4.78 is 0. The van der Waals surface area contributed by atoms with E-state index < -0.39 is 0 Å². The molecule has 0 amide bonds. The molecule has 0 aromatic heterocycles. The maximum Gasteiger partial charge on any atom is -0.0262 e. The van der Waals surface area contributed by atoms with Gasteiger partial charge in [0.15, 0.2) is 0 Å². The van der Waals surface area contributed by atoms with Gasteiger partial charge in [0.25, 0.3) is 0 Å². The molecule has 0 aromatic carbocycles. The largest absolute Gasteiger partial charge is 0.103 e. The minimum Gasteiger partial charge on any atom is -0.103 e. The van der Waals surface area contributed by atoms with E-state index in [0.29, 0.717) is 0 Å². The van der Waals surface area contributed by atoms with E-state index in [1.165, 1.54) is 32.1 Å². The molecule has 0 heteroatoms. The molecule has 1 fully saturated rings. The number of hydrogen-bond acceptors (Lipinski definition) is 0. The second-order valence-corrected chi connectivity index (χ2v) is 3.60. The van der Waals surface area contributed by atoms with Crippen LogP contribution in [-0.4, -0.2) is 0 Å². The Morgan fingerprint density at radius 1 is 1.50 bits per heavy atom. The third kappa shape index (κ3) is 2.17. The molecule has 1 saturated carbocycles. The van der Waals surface area contributed by atoms with Gasteiger partial charge < -0.3 is 0 Å². The monoisotopic (exact) mass is 138 g/mol. The lowest BCUT2D eigenvalue weighted by Gasteiger charge is -2.11. The molecule has 0 spiro atoms. The summed E-state index contributed by atoms with van der Waals surface area (Å²) in [4.78, 5) is 0. The second-order valence-electron chi connectivity index (χ2n) is 3.60. The summed E-state index contributed by atoms with van der Waals surface area (Å²) in [6, 6.07) is 0. The molecule has 0 aromatic rings. The first-order chi connectivity index (χ1) is 4.83. The Bertz CT molecular complexity index is 98.6. The van der Waals surface area contributed by atoms with Crippen LogP contribution >= 0.6 is 0 Å². The van der Waals surface area contributed by atoms with Gasteiger partial charge in [0.2, 0.25) is 0 Å². The van der Waals surface area contributed by atoms with Crippen molar-refractivity contribution in [2.45, 2.75) is 39.0 Å². The van der Waals surface area contributed by atoms with E-state index in [1.807, 2.05) is 0 Å². The first kappa shape index (κ1) is 7.84. The van der Waals surface area contributed by atoms with E-state index in [-0.39, 0.29) is 0 Å². The predicted molar refractivity (Wildman–Crippen MR) is 45.9 cm³/mol. The van der Waals surface area contributed by atoms with Gasteiger partial charge in [0, 0.05) is 0 Å². The Balaban J connectivity index is 2.17. The van der Waals surface area contributed by atoms with Crippen molar-refractivity contribution in [2.75, 3.05) is 0 Å². The van der Waals surface area contributed by atoms with Crippen molar-refractivity contribution in [3.05, 3.63) is 12.7 Å². The third-order valence-corrected chi connectivity index (χ3v) is 2.58. The maximum atomic E-state index is 3.80. The average molecular weight is 138 g/mol. The van der Waals surface area contributed by atoms with Gasteiger partial charge in [-0.2, -0.15) is 0 Å². The van der Waals surface area contributed by atoms with Gasteiger partial charge in [0.05, 0.1) is 0 Å². The molecular formula is C10H18. The van der Waals surface area contributed by atoms with Crippen molar-refractivity contribution >= 4 is 0 Å². The highest BCUT2D eigenvalue weighted by Crippen LogP contribution is 2.30. The van der Waals surface area contributed by atoms with Gasteiger partial charge >= 0.3 is 0 Å². The van der Waals surface area contributed by atoms with E-state index in [1.54, 1.807) is 0 Å². The molecule has 1 rings (SSSR count). The van der Waals surface area contributed by atoms with Gasteiger partial charge in [-0.15, -0.1) is 6.58 Å². The zero-order valence-corrected chi connectivity index (χ0v) is 6.97. The number of allylic oxidation sites excluding steroid dienone is 1. The molecule has 0 bridgehead atoms. The highest BCUT2D eigenvalue weighted by Gasteiger charge is 2.15. The molecule has 0 saturated heterocycles. The highest BCUT2D eigenvalue weighted by atomic mass is 14.2. The van der Waals surface area contributed by atoms with Crippen LogP contribution in [0.15, 0.2) is 12.7 Å². The van der Waals surface area contributed by atoms with Crippen LogP contribution < -0.4 is 0 Å². The number of hydrogen-bond donors (Lipinski definition) is 0. The fraction of sp³-hybridized carbons (Fsp3) is 0.800. The molecule has 1 atom stereocenters. The fourth-order valence-corrected chi connectivity index (χ4v) is 1.87. The zero-order valence-electron chi connectivity index (χ0n) is 6.97. The van der Waals surface area contributed by atoms with Crippen molar-refractivity contribution in [3.63, 3.8) is 0 Å². The first-order valence-electron chi connectivity index (χ1n) is 4.45. The smallest absolute Gasteiger partial charge is 0.0262 e. The van der Waals surface area contributed by atoms with Gasteiger partial charge in [0.1, 0.15) is 0 Å². The molecule has 10 heavy (non-hydrogen) atoms. The molecular weight excluding hydrogens is 120 g/mol. The van der Waals surface area contributed by atoms with Gasteiger partial charge in [-0.25, -0.2) is 0 Å². The van der Waals surface area contributed by atoms with Crippen molar-refractivity contribution in [3.8, 4) is 0 Å². The SMILES string of the molecule is C=CC(C)CC1CCCC1. The van der Waals surface area contributed by atoms with E-state index in [0.717, 1.165) is 11.8 Å². The van der Waals surface area contributed by atoms with E-state index in [9.17, 15) is 0 Å². The van der Waals surface area contributed by atoms with Crippen molar-refractivity contribution in [1.82, 2.24) is 0 Å². The maximum absolute atomic E-state index is 3.80. The second kappa shape index (κ2) is 3.80. The Hall–Kier alpha value is -0.260. The lowest BCUT2D eigenvalue weighted by atomic mass is 9.95. The lowest BCUT2D eigenvalue weighted by Crippen LogP contribution is -1.99. The Kier molecular flexibility index (Phi) is 2.98. The first-order valence-corrected chi connectivity index (χ1v) is 4.45. The molecule has 1 unspecified atom stereocenters. The summed E-state index contributed by atoms with van der Waals surface area (Å²) in [7, 11) is 0. The molecule has 58 valence electrons. The van der Waals surface area contributed by atoms with E-state index in [4.69, 9.17) is 0 Å². The lowest BCUT2D eigenvalue weighted by molar-refractivity contribution is 0.445. The summed E-state index contributed by atoms with van der Waals surface area (Å²) in [5.41, 5.74) is 0. The van der Waals surface area contributed by atoms with Gasteiger partial charge in [-0.1, -0.05) is 38.7 Å². The quantitative estimate of drug-likeness (QED) is 0.524. The highest BCUT2D eigenvalue weighted by molar-refractivity contribution is 4.79. The topological polar surface area (TPSA) is 0 Å². The van der Waals surface area contributed by atoms with Crippen LogP contribution in [0.25, 0.3) is 0 Å². The zero-order chi connectivity index (χ0) is 7.40. The van der Waals surface area contributed by atoms with Crippen molar-refractivity contribution in [1.29, 1.82) is 0 Å². The molecule has 1 aliphatic carbocycles. The Labute approximate surface area is 64.3 Å².